The molecule has 0 fully saturated rings. The lowest BCUT2D eigenvalue weighted by atomic mass is 10.2. The molecule has 2 rings (SSSR count). The van der Waals surface area contributed by atoms with E-state index in [2.05, 4.69) is 10.3 Å². The van der Waals surface area contributed by atoms with Crippen molar-refractivity contribution in [1.82, 2.24) is 4.98 Å². The lowest BCUT2D eigenvalue weighted by Crippen LogP contribution is -2.01. The molecule has 0 amide bonds. The molecule has 0 saturated heterocycles. The molecule has 2 heterocycles. The van der Waals surface area contributed by atoms with Gasteiger partial charge < -0.3 is 5.32 Å². The fraction of sp³-hybridized carbons (Fsp3) is 0.182. The minimum absolute atomic E-state index is 0.387. The maximum Gasteiger partial charge on any atom is 0.154 e. The van der Waals surface area contributed by atoms with Gasteiger partial charge in [-0.1, -0.05) is 34.8 Å². The van der Waals surface area contributed by atoms with Crippen LogP contribution in [-0.2, 0) is 6.54 Å². The van der Waals surface area contributed by atoms with Crippen molar-refractivity contribution >= 4 is 51.8 Å². The first kappa shape index (κ1) is 13.0. The third kappa shape index (κ3) is 3.26. The zero-order chi connectivity index (χ0) is 12.4. The summed E-state index contributed by atoms with van der Waals surface area (Å²) in [5.74, 6) is 0. The number of aromatic nitrogens is 1. The van der Waals surface area contributed by atoms with Crippen molar-refractivity contribution in [2.24, 2.45) is 0 Å². The van der Waals surface area contributed by atoms with Crippen LogP contribution in [0.2, 0.25) is 15.3 Å². The van der Waals surface area contributed by atoms with Gasteiger partial charge in [-0.25, -0.2) is 4.98 Å². The highest BCUT2D eigenvalue weighted by atomic mass is 35.5. The van der Waals surface area contributed by atoms with E-state index in [4.69, 9.17) is 34.8 Å². The van der Waals surface area contributed by atoms with Crippen LogP contribution < -0.4 is 5.32 Å². The number of anilines is 1. The molecule has 6 heteroatoms. The molecule has 0 unspecified atom stereocenters. The molecule has 0 saturated carbocycles. The van der Waals surface area contributed by atoms with E-state index in [0.29, 0.717) is 16.9 Å². The third-order valence-corrected chi connectivity index (χ3v) is 3.95. The Morgan fingerprint density at radius 3 is 2.65 bits per heavy atom. The number of rotatable bonds is 3. The number of hydrogen-bond acceptors (Lipinski definition) is 3. The van der Waals surface area contributed by atoms with Crippen LogP contribution in [-0.4, -0.2) is 4.98 Å². The van der Waals surface area contributed by atoms with Gasteiger partial charge in [-0.05, 0) is 24.6 Å². The van der Waals surface area contributed by atoms with Gasteiger partial charge in [0, 0.05) is 16.8 Å². The second-order valence-electron chi connectivity index (χ2n) is 3.51. The predicted molar refractivity (Wildman–Crippen MR) is 75.6 cm³/mol. The molecule has 1 N–H and O–H groups in total. The number of halogens is 3. The van der Waals surface area contributed by atoms with E-state index >= 15 is 0 Å². The Bertz CT molecular complexity index is 516. The van der Waals surface area contributed by atoms with E-state index in [1.165, 1.54) is 0 Å². The van der Waals surface area contributed by atoms with Gasteiger partial charge in [0.25, 0.3) is 0 Å². The molecule has 2 nitrogen and oxygen atoms in total. The third-order valence-electron chi connectivity index (χ3n) is 2.20. The second kappa shape index (κ2) is 5.44. The van der Waals surface area contributed by atoms with Crippen molar-refractivity contribution in [3.8, 4) is 0 Å². The second-order valence-corrected chi connectivity index (χ2v) is 5.69. The standard InChI is InChI=1S/C11H9Cl3N2S/c1-6-2-9(13)16-11(14)10(6)15-4-8-3-7(12)5-17-8/h2-3,5,15H,4H2,1H3. The number of thiophene rings is 1. The molecule has 2 aromatic rings. The summed E-state index contributed by atoms with van der Waals surface area (Å²) >= 11 is 19.3. The summed E-state index contributed by atoms with van der Waals surface area (Å²) in [5, 5.41) is 6.67. The maximum atomic E-state index is 6.03. The molecule has 0 aromatic carbocycles. The van der Waals surface area contributed by atoms with Crippen LogP contribution in [0.3, 0.4) is 0 Å². The van der Waals surface area contributed by atoms with E-state index < -0.39 is 0 Å². The van der Waals surface area contributed by atoms with Crippen molar-refractivity contribution in [3.63, 3.8) is 0 Å². The van der Waals surface area contributed by atoms with Crippen molar-refractivity contribution in [2.75, 3.05) is 5.32 Å². The van der Waals surface area contributed by atoms with Gasteiger partial charge in [0.05, 0.1) is 10.7 Å². The Balaban J connectivity index is 2.14. The van der Waals surface area contributed by atoms with E-state index in [-0.39, 0.29) is 0 Å². The van der Waals surface area contributed by atoms with Gasteiger partial charge in [0.2, 0.25) is 0 Å². The fourth-order valence-corrected chi connectivity index (χ4v) is 3.04. The van der Waals surface area contributed by atoms with Crippen molar-refractivity contribution in [1.29, 1.82) is 0 Å². The summed E-state index contributed by atoms with van der Waals surface area (Å²) in [5.41, 5.74) is 1.78. The quantitative estimate of drug-likeness (QED) is 0.805. The number of pyridine rings is 1. The van der Waals surface area contributed by atoms with Crippen molar-refractivity contribution in [2.45, 2.75) is 13.5 Å². The van der Waals surface area contributed by atoms with Gasteiger partial charge in [-0.3, -0.25) is 0 Å². The molecule has 0 radical (unpaired) electrons. The first-order chi connectivity index (χ1) is 8.06. The molecular formula is C11H9Cl3N2S. The van der Waals surface area contributed by atoms with Crippen LogP contribution in [0.25, 0.3) is 0 Å². The first-order valence-corrected chi connectivity index (χ1v) is 6.87. The normalized spacial score (nSPS) is 10.6. The predicted octanol–water partition coefficient (Wildman–Crippen LogP) is 5.02. The summed E-state index contributed by atoms with van der Waals surface area (Å²) in [6.45, 7) is 2.60. The van der Waals surface area contributed by atoms with Crippen LogP contribution in [0.4, 0.5) is 5.69 Å². The molecule has 0 atom stereocenters. The Labute approximate surface area is 119 Å². The fourth-order valence-electron chi connectivity index (χ4n) is 1.43. The van der Waals surface area contributed by atoms with Crippen molar-refractivity contribution in [3.05, 3.63) is 43.3 Å². The highest BCUT2D eigenvalue weighted by molar-refractivity contribution is 7.10. The highest BCUT2D eigenvalue weighted by Crippen LogP contribution is 2.28. The molecule has 17 heavy (non-hydrogen) atoms. The molecule has 0 aliphatic carbocycles. The summed E-state index contributed by atoms with van der Waals surface area (Å²) in [7, 11) is 0. The minimum atomic E-state index is 0.387. The molecular weight excluding hydrogens is 299 g/mol. The monoisotopic (exact) mass is 306 g/mol. The summed E-state index contributed by atoms with van der Waals surface area (Å²) in [4.78, 5) is 5.14. The zero-order valence-corrected chi connectivity index (χ0v) is 12.0. The van der Waals surface area contributed by atoms with Gasteiger partial charge in [-0.2, -0.15) is 0 Å². The maximum absolute atomic E-state index is 6.03. The zero-order valence-electron chi connectivity index (χ0n) is 8.93. The molecule has 0 spiro atoms. The van der Waals surface area contributed by atoms with E-state index in [9.17, 15) is 0 Å². The lowest BCUT2D eigenvalue weighted by molar-refractivity contribution is 1.16. The Kier molecular flexibility index (Phi) is 4.15. The summed E-state index contributed by atoms with van der Waals surface area (Å²) in [6.07, 6.45) is 0. The summed E-state index contributed by atoms with van der Waals surface area (Å²) < 4.78 is 0. The highest BCUT2D eigenvalue weighted by Gasteiger charge is 2.07. The van der Waals surface area contributed by atoms with Gasteiger partial charge in [0.1, 0.15) is 5.15 Å². The van der Waals surface area contributed by atoms with Crippen LogP contribution in [0.1, 0.15) is 10.4 Å². The largest absolute Gasteiger partial charge is 0.377 e. The molecule has 2 aromatic heterocycles. The van der Waals surface area contributed by atoms with Crippen LogP contribution >= 0.6 is 46.1 Å². The van der Waals surface area contributed by atoms with Crippen LogP contribution in [0.15, 0.2) is 17.5 Å². The van der Waals surface area contributed by atoms with Gasteiger partial charge >= 0.3 is 0 Å². The topological polar surface area (TPSA) is 24.9 Å². The number of aryl methyl sites for hydroxylation is 1. The molecule has 0 bridgehead atoms. The Morgan fingerprint density at radius 2 is 2.06 bits per heavy atom. The summed E-state index contributed by atoms with van der Waals surface area (Å²) in [6, 6.07) is 3.70. The molecule has 90 valence electrons. The smallest absolute Gasteiger partial charge is 0.154 e. The average molecular weight is 308 g/mol. The lowest BCUT2D eigenvalue weighted by Gasteiger charge is -2.10. The van der Waals surface area contributed by atoms with Crippen LogP contribution in [0.5, 0.6) is 0 Å². The SMILES string of the molecule is Cc1cc(Cl)nc(Cl)c1NCc1cc(Cl)cs1. The minimum Gasteiger partial charge on any atom is -0.377 e. The number of nitrogens with one attached hydrogen (secondary N) is 1. The molecule has 0 aliphatic rings. The first-order valence-electron chi connectivity index (χ1n) is 4.85. The van der Waals surface area contributed by atoms with Crippen LogP contribution in [0, 0.1) is 6.92 Å². The van der Waals surface area contributed by atoms with E-state index in [1.54, 1.807) is 17.4 Å². The van der Waals surface area contributed by atoms with Crippen molar-refractivity contribution < 1.29 is 0 Å². The van der Waals surface area contributed by atoms with Gasteiger partial charge in [0.15, 0.2) is 5.15 Å². The van der Waals surface area contributed by atoms with E-state index in [1.807, 2.05) is 18.4 Å². The molecule has 0 aliphatic heterocycles. The number of nitrogens with zero attached hydrogens (tertiary/aromatic N) is 1. The Morgan fingerprint density at radius 1 is 1.29 bits per heavy atom. The number of hydrogen-bond donors (Lipinski definition) is 1. The Hall–Kier alpha value is -0.480. The average Bonchev–Trinajstić information content (AvgIpc) is 2.62. The van der Waals surface area contributed by atoms with E-state index in [0.717, 1.165) is 21.2 Å². The van der Waals surface area contributed by atoms with Gasteiger partial charge in [-0.15, -0.1) is 11.3 Å².